The number of aryl methyl sites for hydroxylation is 2. The van der Waals surface area contributed by atoms with Crippen LogP contribution < -0.4 is 11.2 Å². The van der Waals surface area contributed by atoms with Crippen LogP contribution in [0.25, 0.3) is 10.9 Å². The monoisotopic (exact) mass is 515 g/mol. The highest BCUT2D eigenvalue weighted by Crippen LogP contribution is 2.29. The van der Waals surface area contributed by atoms with Crippen molar-refractivity contribution in [3.05, 3.63) is 92.3 Å². The smallest absolute Gasteiger partial charge is 0.275 e. The number of hydrogen-bond acceptors (Lipinski definition) is 6. The average Bonchev–Trinajstić information content (AvgIpc) is 3.39. The van der Waals surface area contributed by atoms with Gasteiger partial charge in [0.15, 0.2) is 17.5 Å². The van der Waals surface area contributed by atoms with E-state index in [-0.39, 0.29) is 34.0 Å². The average molecular weight is 516 g/mol. The number of fused-ring (bicyclic) bond motifs is 1. The fourth-order valence-corrected chi connectivity index (χ4v) is 3.85. The van der Waals surface area contributed by atoms with Crippen molar-refractivity contribution in [3.63, 3.8) is 0 Å². The number of halogens is 4. The lowest BCUT2D eigenvalue weighted by molar-refractivity contribution is 0.485. The van der Waals surface area contributed by atoms with Crippen LogP contribution >= 0.6 is 11.6 Å². The van der Waals surface area contributed by atoms with Gasteiger partial charge in [0.05, 0.1) is 29.2 Å². The maximum absolute atomic E-state index is 14.5. The predicted molar refractivity (Wildman–Crippen MR) is 123 cm³/mol. The Morgan fingerprint density at radius 1 is 1.03 bits per heavy atom. The molecule has 0 bridgehead atoms. The van der Waals surface area contributed by atoms with Gasteiger partial charge < -0.3 is 0 Å². The minimum atomic E-state index is -1.34. The summed E-state index contributed by atoms with van der Waals surface area (Å²) in [5.74, 6) is -3.28. The van der Waals surface area contributed by atoms with Crippen molar-refractivity contribution in [2.24, 2.45) is 19.1 Å². The number of nitrogens with one attached hydrogen (secondary N) is 1. The first kappa shape index (κ1) is 23.5. The van der Waals surface area contributed by atoms with Crippen molar-refractivity contribution < 1.29 is 13.2 Å². The van der Waals surface area contributed by atoms with Crippen LogP contribution in [-0.2, 0) is 27.1 Å². The van der Waals surface area contributed by atoms with E-state index in [9.17, 15) is 18.0 Å². The van der Waals surface area contributed by atoms with Gasteiger partial charge in [-0.05, 0) is 18.2 Å². The number of benzene rings is 2. The third-order valence-electron chi connectivity index (χ3n) is 5.34. The van der Waals surface area contributed by atoms with Crippen molar-refractivity contribution in [1.29, 1.82) is 0 Å². The number of H-pyrrole nitrogens is 1. The summed E-state index contributed by atoms with van der Waals surface area (Å²) >= 11 is 6.38. The van der Waals surface area contributed by atoms with Gasteiger partial charge in [0.2, 0.25) is 5.62 Å². The first-order valence-corrected chi connectivity index (χ1v) is 10.9. The van der Waals surface area contributed by atoms with Crippen LogP contribution in [0.3, 0.4) is 0 Å². The molecular formula is C22H17ClF3N9O. The highest BCUT2D eigenvalue weighted by atomic mass is 35.5. The molecule has 0 aliphatic rings. The van der Waals surface area contributed by atoms with Crippen molar-refractivity contribution >= 4 is 28.2 Å². The molecule has 0 amide bonds. The molecule has 0 aliphatic carbocycles. The standard InChI is InChI=1S/C22H17ClF3N9O/c1-33-8-12-4-18(13(23)5-17(12)31-33)28-22-30-29-19(7-20-27-10-34(2)32-20)21(36)35(22)9-11-3-15(25)16(26)6-14(11)24/h3-6,8,10H,7,9H2,1-2H3,(H,28,30). The molecule has 2 aromatic carbocycles. The summed E-state index contributed by atoms with van der Waals surface area (Å²) in [5.41, 5.74) is -0.0642. The Kier molecular flexibility index (Phi) is 5.92. The Morgan fingerprint density at radius 3 is 2.56 bits per heavy atom. The first-order chi connectivity index (χ1) is 17.2. The van der Waals surface area contributed by atoms with E-state index in [2.05, 4.69) is 30.4 Å². The molecule has 0 fully saturated rings. The van der Waals surface area contributed by atoms with Gasteiger partial charge in [-0.3, -0.25) is 18.7 Å². The fourth-order valence-electron chi connectivity index (χ4n) is 3.65. The molecule has 14 heteroatoms. The summed E-state index contributed by atoms with van der Waals surface area (Å²) in [6.07, 6.45) is 3.20. The van der Waals surface area contributed by atoms with E-state index in [1.54, 1.807) is 37.1 Å². The minimum Gasteiger partial charge on any atom is -0.275 e. The summed E-state index contributed by atoms with van der Waals surface area (Å²) in [7, 11) is 3.43. The van der Waals surface area contributed by atoms with Crippen LogP contribution in [0.15, 0.2) is 46.6 Å². The quantitative estimate of drug-likeness (QED) is 0.362. The topological polar surface area (TPSA) is 112 Å². The van der Waals surface area contributed by atoms with Crippen molar-refractivity contribution in [3.8, 4) is 0 Å². The maximum Gasteiger partial charge on any atom is 0.277 e. The van der Waals surface area contributed by atoms with Gasteiger partial charge in [-0.25, -0.2) is 28.2 Å². The second kappa shape index (κ2) is 9.07. The lowest BCUT2D eigenvalue weighted by atomic mass is 10.2. The molecule has 0 spiro atoms. The van der Waals surface area contributed by atoms with Crippen LogP contribution in [0.2, 0.25) is 5.02 Å². The molecule has 0 saturated heterocycles. The summed E-state index contributed by atoms with van der Waals surface area (Å²) in [6, 6.07) is 4.39. The first-order valence-electron chi connectivity index (χ1n) is 10.5. The molecule has 5 aromatic rings. The van der Waals surface area contributed by atoms with Gasteiger partial charge in [-0.1, -0.05) is 11.6 Å². The summed E-state index contributed by atoms with van der Waals surface area (Å²) in [4.78, 5) is 21.9. The largest absolute Gasteiger partial charge is 0.277 e. The van der Waals surface area contributed by atoms with E-state index in [1.807, 2.05) is 0 Å². The Hall–Kier alpha value is -4.26. The van der Waals surface area contributed by atoms with Crippen molar-refractivity contribution in [2.45, 2.75) is 13.0 Å². The highest BCUT2D eigenvalue weighted by molar-refractivity contribution is 6.33. The zero-order chi connectivity index (χ0) is 25.6. The molecule has 0 atom stereocenters. The molecule has 0 unspecified atom stereocenters. The number of nitrogens with zero attached hydrogens (tertiary/aromatic N) is 8. The van der Waals surface area contributed by atoms with Crippen molar-refractivity contribution in [2.75, 3.05) is 0 Å². The molecule has 3 aromatic heterocycles. The molecule has 1 N–H and O–H groups in total. The van der Waals surface area contributed by atoms with E-state index in [0.29, 0.717) is 23.5 Å². The summed E-state index contributed by atoms with van der Waals surface area (Å²) in [5, 5.41) is 16.2. The Balaban J connectivity index is 1.68. The number of aromatic nitrogens is 8. The Labute approximate surface area is 205 Å². The number of hydrogen-bond donors (Lipinski definition) is 1. The minimum absolute atomic E-state index is 0.0111. The van der Waals surface area contributed by atoms with Gasteiger partial charge in [0, 0.05) is 37.3 Å². The summed E-state index contributed by atoms with van der Waals surface area (Å²) in [6.45, 7) is -0.463. The van der Waals surface area contributed by atoms with Gasteiger partial charge in [0.25, 0.3) is 5.56 Å². The van der Waals surface area contributed by atoms with Gasteiger partial charge in [-0.15, -0.1) is 0 Å². The van der Waals surface area contributed by atoms with Crippen LogP contribution in [0, 0.1) is 17.5 Å². The molecule has 0 saturated carbocycles. The highest BCUT2D eigenvalue weighted by Gasteiger charge is 2.16. The van der Waals surface area contributed by atoms with E-state index < -0.39 is 29.6 Å². The zero-order valence-corrected chi connectivity index (χ0v) is 19.6. The normalized spacial score (nSPS) is 12.1. The lowest BCUT2D eigenvalue weighted by Crippen LogP contribution is -2.40. The van der Waals surface area contributed by atoms with Crippen LogP contribution in [-0.4, -0.2) is 39.3 Å². The lowest BCUT2D eigenvalue weighted by Gasteiger charge is -2.10. The van der Waals surface area contributed by atoms with Crippen LogP contribution in [0.4, 0.5) is 18.9 Å². The Bertz CT molecular complexity index is 1750. The second-order valence-corrected chi connectivity index (χ2v) is 8.44. The predicted octanol–water partition coefficient (Wildman–Crippen LogP) is 2.53. The van der Waals surface area contributed by atoms with Gasteiger partial charge >= 0.3 is 0 Å². The molecule has 3 heterocycles. The van der Waals surface area contributed by atoms with E-state index in [1.165, 1.54) is 11.0 Å². The SMILES string of the molecule is Cn1cnc(Cc2n[nH]c(=Nc3cc4cn(C)nc4cc3Cl)n(Cc3cc(F)c(F)cc3F)c2=O)n1. The fraction of sp³-hybridized carbons (Fsp3) is 0.182. The van der Waals surface area contributed by atoms with E-state index in [4.69, 9.17) is 11.6 Å². The van der Waals surface area contributed by atoms with Crippen LogP contribution in [0.5, 0.6) is 0 Å². The molecule has 36 heavy (non-hydrogen) atoms. The molecule has 5 rings (SSSR count). The molecular weight excluding hydrogens is 499 g/mol. The van der Waals surface area contributed by atoms with Gasteiger partial charge in [-0.2, -0.15) is 15.3 Å². The molecule has 10 nitrogen and oxygen atoms in total. The zero-order valence-electron chi connectivity index (χ0n) is 18.9. The third-order valence-corrected chi connectivity index (χ3v) is 5.65. The molecule has 184 valence electrons. The number of rotatable bonds is 5. The second-order valence-electron chi connectivity index (χ2n) is 8.03. The molecule has 0 aliphatic heterocycles. The number of aromatic amines is 1. The van der Waals surface area contributed by atoms with Gasteiger partial charge in [0.1, 0.15) is 17.8 Å². The third kappa shape index (κ3) is 4.52. The Morgan fingerprint density at radius 2 is 1.81 bits per heavy atom. The molecule has 0 radical (unpaired) electrons. The van der Waals surface area contributed by atoms with E-state index in [0.717, 1.165) is 9.95 Å². The van der Waals surface area contributed by atoms with Crippen LogP contribution in [0.1, 0.15) is 17.1 Å². The summed E-state index contributed by atoms with van der Waals surface area (Å²) < 4.78 is 45.9. The van der Waals surface area contributed by atoms with Crippen molar-refractivity contribution in [1.82, 2.24) is 39.3 Å². The van der Waals surface area contributed by atoms with E-state index >= 15 is 0 Å². The maximum atomic E-state index is 14.5.